The molecule has 0 N–H and O–H groups in total. The topological polar surface area (TPSA) is 54.8 Å². The summed E-state index contributed by atoms with van der Waals surface area (Å²) in [5, 5.41) is 0. The molecular formula is C63H53N5. The van der Waals surface area contributed by atoms with Crippen molar-refractivity contribution in [3.8, 4) is 56.4 Å². The molecule has 10 rings (SSSR count). The Labute approximate surface area is 400 Å². The van der Waals surface area contributed by atoms with Gasteiger partial charge in [-0.15, -0.1) is 0 Å². The molecule has 5 heteroatoms. The second-order valence-electron chi connectivity index (χ2n) is 17.9. The Morgan fingerprint density at radius 1 is 0.338 bits per heavy atom. The molecule has 0 fully saturated rings. The summed E-state index contributed by atoms with van der Waals surface area (Å²) < 4.78 is 0. The van der Waals surface area contributed by atoms with Crippen LogP contribution in [-0.4, -0.2) is 19.9 Å². The highest BCUT2D eigenvalue weighted by Crippen LogP contribution is 2.43. The summed E-state index contributed by atoms with van der Waals surface area (Å²) in [4.78, 5) is 23.6. The molecule has 0 aliphatic carbocycles. The van der Waals surface area contributed by atoms with Gasteiger partial charge in [0.25, 0.3) is 0 Å². The Morgan fingerprint density at radius 2 is 0.721 bits per heavy atom. The quantitative estimate of drug-likeness (QED) is 0.121. The Kier molecular flexibility index (Phi) is 12.1. The van der Waals surface area contributed by atoms with E-state index in [0.29, 0.717) is 23.3 Å². The summed E-state index contributed by atoms with van der Waals surface area (Å²) in [6.45, 7) is 13.4. The van der Waals surface area contributed by atoms with Gasteiger partial charge in [-0.05, 0) is 104 Å². The summed E-state index contributed by atoms with van der Waals surface area (Å²) in [5.41, 5.74) is 20.1. The van der Waals surface area contributed by atoms with E-state index in [1.54, 1.807) is 0 Å². The SMILES string of the molecule is Cc1cc(C)c(C(c2ccc(N(c3cc(-c4ccccc4)nc(-c4ccccc4)n3)c3cc(-c4ccccc4-c4ccccc4)nc(-c4ccccc4)n3)cc2)c2c(C)cc(C)cc2C)c(C)c1. The van der Waals surface area contributed by atoms with E-state index in [0.717, 1.165) is 50.5 Å². The molecule has 0 amide bonds. The fourth-order valence-corrected chi connectivity index (χ4v) is 9.97. The third kappa shape index (κ3) is 8.87. The largest absolute Gasteiger partial charge is 0.279 e. The highest BCUT2D eigenvalue weighted by molar-refractivity contribution is 5.86. The lowest BCUT2D eigenvalue weighted by Crippen LogP contribution is -2.16. The van der Waals surface area contributed by atoms with Crippen LogP contribution >= 0.6 is 0 Å². The zero-order chi connectivity index (χ0) is 46.7. The Hall–Kier alpha value is -8.28. The molecule has 0 aliphatic rings. The van der Waals surface area contributed by atoms with Gasteiger partial charge in [-0.2, -0.15) is 0 Å². The van der Waals surface area contributed by atoms with Crippen LogP contribution in [0.2, 0.25) is 0 Å². The van der Waals surface area contributed by atoms with Gasteiger partial charge < -0.3 is 0 Å². The highest BCUT2D eigenvalue weighted by Gasteiger charge is 2.27. The number of hydrogen-bond acceptors (Lipinski definition) is 5. The van der Waals surface area contributed by atoms with Crippen LogP contribution in [0.5, 0.6) is 0 Å². The monoisotopic (exact) mass is 879 g/mol. The Morgan fingerprint density at radius 3 is 1.19 bits per heavy atom. The second kappa shape index (κ2) is 18.9. The number of anilines is 3. The molecule has 0 bridgehead atoms. The van der Waals surface area contributed by atoms with Gasteiger partial charge in [-0.1, -0.05) is 193 Å². The van der Waals surface area contributed by atoms with Gasteiger partial charge in [0.05, 0.1) is 11.4 Å². The molecule has 0 atom stereocenters. The molecule has 0 saturated carbocycles. The minimum Gasteiger partial charge on any atom is -0.279 e. The molecule has 2 aromatic heterocycles. The first-order valence-corrected chi connectivity index (χ1v) is 23.3. The number of aryl methyl sites for hydroxylation is 6. The van der Waals surface area contributed by atoms with Crippen molar-refractivity contribution in [2.75, 3.05) is 4.90 Å². The van der Waals surface area contributed by atoms with E-state index in [-0.39, 0.29) is 5.92 Å². The fraction of sp³-hybridized carbons (Fsp3) is 0.111. The lowest BCUT2D eigenvalue weighted by Gasteiger charge is -2.28. The maximum absolute atomic E-state index is 5.46. The van der Waals surface area contributed by atoms with Crippen LogP contribution < -0.4 is 4.90 Å². The lowest BCUT2D eigenvalue weighted by atomic mass is 9.77. The van der Waals surface area contributed by atoms with E-state index < -0.39 is 0 Å². The summed E-state index contributed by atoms with van der Waals surface area (Å²) in [6.07, 6.45) is 0. The third-order valence-electron chi connectivity index (χ3n) is 12.8. The van der Waals surface area contributed by atoms with Gasteiger partial charge >= 0.3 is 0 Å². The standard InChI is InChI=1S/C63H53N5/c1-41-35-43(3)59(44(4)36-41)61(60-45(5)37-42(2)38-46(60)6)49-31-33-52(34-32-49)68(57-39-55(48-23-13-8-14-24-48)64-62(66-57)50-25-15-9-16-26-50)58-40-56(65-63(67-58)51-27-17-10-18-28-51)54-30-20-19-29-53(54)47-21-11-7-12-22-47/h7-40,61H,1-6H3. The number of hydrogen-bond donors (Lipinski definition) is 0. The second-order valence-corrected chi connectivity index (χ2v) is 17.9. The predicted molar refractivity (Wildman–Crippen MR) is 282 cm³/mol. The zero-order valence-corrected chi connectivity index (χ0v) is 39.4. The molecule has 0 saturated heterocycles. The molecule has 0 aliphatic heterocycles. The normalized spacial score (nSPS) is 11.2. The molecule has 0 radical (unpaired) electrons. The van der Waals surface area contributed by atoms with Crippen molar-refractivity contribution in [1.29, 1.82) is 0 Å². The number of aromatic nitrogens is 4. The van der Waals surface area contributed by atoms with E-state index in [9.17, 15) is 0 Å². The minimum absolute atomic E-state index is 0.0111. The smallest absolute Gasteiger partial charge is 0.162 e. The number of rotatable bonds is 11. The van der Waals surface area contributed by atoms with Crippen LogP contribution in [0.15, 0.2) is 206 Å². The van der Waals surface area contributed by atoms with E-state index in [2.05, 4.69) is 198 Å². The van der Waals surface area contributed by atoms with Gasteiger partial charge in [-0.3, -0.25) is 4.90 Å². The van der Waals surface area contributed by atoms with Crippen LogP contribution in [-0.2, 0) is 0 Å². The molecular weight excluding hydrogens is 827 g/mol. The van der Waals surface area contributed by atoms with Crippen molar-refractivity contribution in [3.63, 3.8) is 0 Å². The molecule has 8 aromatic carbocycles. The molecule has 0 unspecified atom stereocenters. The number of nitrogens with zero attached hydrogens (tertiary/aromatic N) is 5. The maximum atomic E-state index is 5.46. The van der Waals surface area contributed by atoms with E-state index >= 15 is 0 Å². The molecule has 10 aromatic rings. The van der Waals surface area contributed by atoms with Crippen molar-refractivity contribution in [2.45, 2.75) is 47.5 Å². The summed E-state index contributed by atoms with van der Waals surface area (Å²) in [6, 6.07) is 72.3. The average molecular weight is 880 g/mol. The predicted octanol–water partition coefficient (Wildman–Crippen LogP) is 16.1. The fourth-order valence-electron chi connectivity index (χ4n) is 9.97. The first-order chi connectivity index (χ1) is 33.2. The van der Waals surface area contributed by atoms with Crippen LogP contribution in [0, 0.1) is 41.5 Å². The minimum atomic E-state index is 0.0111. The van der Waals surface area contributed by atoms with Gasteiger partial charge in [0.2, 0.25) is 0 Å². The van der Waals surface area contributed by atoms with Crippen molar-refractivity contribution in [2.24, 2.45) is 0 Å². The van der Waals surface area contributed by atoms with Gasteiger partial charge in [-0.25, -0.2) is 19.9 Å². The highest BCUT2D eigenvalue weighted by atomic mass is 15.3. The molecule has 2 heterocycles. The molecule has 0 spiro atoms. The van der Waals surface area contributed by atoms with Crippen LogP contribution in [0.4, 0.5) is 17.3 Å². The maximum Gasteiger partial charge on any atom is 0.162 e. The van der Waals surface area contributed by atoms with Crippen molar-refractivity contribution in [3.05, 3.63) is 256 Å². The summed E-state index contributed by atoms with van der Waals surface area (Å²) in [7, 11) is 0. The van der Waals surface area contributed by atoms with Crippen LogP contribution in [0.1, 0.15) is 56.0 Å². The lowest BCUT2D eigenvalue weighted by molar-refractivity contribution is 0.919. The third-order valence-corrected chi connectivity index (χ3v) is 12.8. The van der Waals surface area contributed by atoms with Gasteiger partial charge in [0.1, 0.15) is 11.6 Å². The Bertz CT molecular complexity index is 3220. The van der Waals surface area contributed by atoms with Gasteiger partial charge in [0, 0.05) is 46.0 Å². The molecule has 5 nitrogen and oxygen atoms in total. The van der Waals surface area contributed by atoms with Crippen LogP contribution in [0.25, 0.3) is 56.4 Å². The van der Waals surface area contributed by atoms with Crippen LogP contribution in [0.3, 0.4) is 0 Å². The number of benzene rings is 8. The average Bonchev–Trinajstić information content (AvgIpc) is 3.36. The first kappa shape index (κ1) is 43.6. The Balaban J connectivity index is 1.24. The van der Waals surface area contributed by atoms with Crippen molar-refractivity contribution >= 4 is 17.3 Å². The van der Waals surface area contributed by atoms with E-state index in [4.69, 9.17) is 19.9 Å². The van der Waals surface area contributed by atoms with E-state index in [1.807, 2.05) is 54.6 Å². The molecule has 330 valence electrons. The molecule has 68 heavy (non-hydrogen) atoms. The van der Waals surface area contributed by atoms with Crippen molar-refractivity contribution in [1.82, 2.24) is 19.9 Å². The first-order valence-electron chi connectivity index (χ1n) is 23.3. The van der Waals surface area contributed by atoms with Gasteiger partial charge in [0.15, 0.2) is 11.6 Å². The van der Waals surface area contributed by atoms with E-state index in [1.165, 1.54) is 50.1 Å². The zero-order valence-electron chi connectivity index (χ0n) is 39.4. The van der Waals surface area contributed by atoms with Crippen molar-refractivity contribution < 1.29 is 0 Å². The summed E-state index contributed by atoms with van der Waals surface area (Å²) >= 11 is 0. The summed E-state index contributed by atoms with van der Waals surface area (Å²) in [5.74, 6) is 2.59.